The number of hydrogen-bond acceptors (Lipinski definition) is 4. The van der Waals surface area contributed by atoms with E-state index < -0.39 is 11.5 Å². The number of halogens is 1. The second-order valence-electron chi connectivity index (χ2n) is 6.71. The maximum atomic E-state index is 13.3. The van der Waals surface area contributed by atoms with Crippen LogP contribution in [0.4, 0.5) is 10.2 Å². The predicted molar refractivity (Wildman–Crippen MR) is 90.4 cm³/mol. The van der Waals surface area contributed by atoms with Crippen LogP contribution in [0.15, 0.2) is 18.2 Å². The van der Waals surface area contributed by atoms with Crippen molar-refractivity contribution in [1.29, 1.82) is 0 Å². The summed E-state index contributed by atoms with van der Waals surface area (Å²) in [4.78, 5) is 20.9. The lowest BCUT2D eigenvalue weighted by molar-refractivity contribution is -0.157. The van der Waals surface area contributed by atoms with Crippen LogP contribution < -0.4 is 4.90 Å². The highest BCUT2D eigenvalue weighted by atomic mass is 19.1. The molecule has 0 bridgehead atoms. The molecule has 0 radical (unpaired) electrons. The third-order valence-electron chi connectivity index (χ3n) is 5.28. The number of anilines is 1. The van der Waals surface area contributed by atoms with Gasteiger partial charge in [0.25, 0.3) is 5.91 Å². The Morgan fingerprint density at radius 3 is 2.38 bits per heavy atom. The summed E-state index contributed by atoms with van der Waals surface area (Å²) in [6.45, 7) is 2.59. The molecule has 0 spiro atoms. The highest BCUT2D eigenvalue weighted by Gasteiger charge is 2.42. The lowest BCUT2D eigenvalue weighted by atomic mass is 9.92. The van der Waals surface area contributed by atoms with Crippen molar-refractivity contribution in [3.8, 4) is 0 Å². The van der Waals surface area contributed by atoms with Gasteiger partial charge in [0.1, 0.15) is 11.4 Å². The van der Waals surface area contributed by atoms with Gasteiger partial charge in [0.2, 0.25) is 5.95 Å². The van der Waals surface area contributed by atoms with E-state index in [9.17, 15) is 9.18 Å². The monoisotopic (exact) mass is 335 g/mol. The van der Waals surface area contributed by atoms with Gasteiger partial charge in [0.15, 0.2) is 0 Å². The fourth-order valence-corrected chi connectivity index (χ4v) is 3.81. The smallest absolute Gasteiger partial charge is 0.254 e. The maximum absolute atomic E-state index is 13.3. The van der Waals surface area contributed by atoms with E-state index in [1.165, 1.54) is 18.9 Å². The summed E-state index contributed by atoms with van der Waals surface area (Å²) in [6, 6.07) is 4.82. The van der Waals surface area contributed by atoms with Crippen molar-refractivity contribution in [3.05, 3.63) is 24.1 Å². The molecule has 1 aromatic heterocycles. The van der Waals surface area contributed by atoms with Gasteiger partial charge in [-0.3, -0.25) is 4.79 Å². The van der Waals surface area contributed by atoms with E-state index in [0.29, 0.717) is 32.0 Å². The number of nitrogens with zero attached hydrogens (tertiary/aromatic N) is 3. The minimum atomic E-state index is -0.643. The Labute approximate surface area is 142 Å². The summed E-state index contributed by atoms with van der Waals surface area (Å²) in [6.07, 6.45) is 6.08. The number of rotatable bonds is 3. The van der Waals surface area contributed by atoms with Crippen molar-refractivity contribution in [2.75, 3.05) is 38.2 Å². The van der Waals surface area contributed by atoms with Crippen molar-refractivity contribution in [2.45, 2.75) is 44.1 Å². The van der Waals surface area contributed by atoms with Crippen LogP contribution in [0.3, 0.4) is 0 Å². The molecule has 0 atom stereocenters. The molecule has 0 N–H and O–H groups in total. The van der Waals surface area contributed by atoms with E-state index in [2.05, 4.69) is 4.98 Å². The van der Waals surface area contributed by atoms with Crippen molar-refractivity contribution in [1.82, 2.24) is 9.88 Å². The second-order valence-corrected chi connectivity index (χ2v) is 6.71. The van der Waals surface area contributed by atoms with Gasteiger partial charge < -0.3 is 14.5 Å². The van der Waals surface area contributed by atoms with E-state index >= 15 is 0 Å². The summed E-state index contributed by atoms with van der Waals surface area (Å²) < 4.78 is 19.0. The average Bonchev–Trinajstić information content (AvgIpc) is 2.88. The van der Waals surface area contributed by atoms with Crippen LogP contribution in [-0.4, -0.2) is 54.7 Å². The standard InChI is InChI=1S/C18H26FN3O2/c1-24-18(9-4-2-3-5-10-18)17(23)22-13-11-21(12-14-22)16-8-6-7-15(19)20-16/h6-8H,2-5,9-14H2,1H3. The van der Waals surface area contributed by atoms with Crippen LogP contribution in [0.1, 0.15) is 38.5 Å². The quantitative estimate of drug-likeness (QED) is 0.629. The second kappa shape index (κ2) is 7.47. The zero-order valence-electron chi connectivity index (χ0n) is 14.3. The molecule has 3 rings (SSSR count). The number of pyridine rings is 1. The zero-order chi connectivity index (χ0) is 17.0. The van der Waals surface area contributed by atoms with Gasteiger partial charge in [-0.25, -0.2) is 4.98 Å². The fourth-order valence-electron chi connectivity index (χ4n) is 3.81. The third-order valence-corrected chi connectivity index (χ3v) is 5.28. The van der Waals surface area contributed by atoms with Crippen LogP contribution in [0, 0.1) is 5.95 Å². The predicted octanol–water partition coefficient (Wildman–Crippen LogP) is 2.61. The number of ether oxygens (including phenoxy) is 1. The van der Waals surface area contributed by atoms with E-state index in [1.807, 2.05) is 15.9 Å². The van der Waals surface area contributed by atoms with Crippen molar-refractivity contribution in [3.63, 3.8) is 0 Å². The number of aromatic nitrogens is 1. The zero-order valence-corrected chi connectivity index (χ0v) is 14.3. The van der Waals surface area contributed by atoms with Gasteiger partial charge in [-0.05, 0) is 25.0 Å². The van der Waals surface area contributed by atoms with Gasteiger partial charge in [0.05, 0.1) is 0 Å². The number of hydrogen-bond donors (Lipinski definition) is 0. The van der Waals surface area contributed by atoms with Crippen LogP contribution in [-0.2, 0) is 9.53 Å². The Bertz CT molecular complexity index is 565. The molecule has 1 amide bonds. The van der Waals surface area contributed by atoms with Crippen molar-refractivity contribution in [2.24, 2.45) is 0 Å². The molecule has 5 nitrogen and oxygen atoms in total. The average molecular weight is 335 g/mol. The van der Waals surface area contributed by atoms with E-state index in [0.717, 1.165) is 25.7 Å². The normalized spacial score (nSPS) is 21.4. The first-order chi connectivity index (χ1) is 11.6. The fraction of sp³-hybridized carbons (Fsp3) is 0.667. The number of methoxy groups -OCH3 is 1. The summed E-state index contributed by atoms with van der Waals surface area (Å²) in [5.74, 6) is 0.291. The molecule has 1 aliphatic carbocycles. The molecule has 2 aliphatic rings. The molecule has 132 valence electrons. The first-order valence-corrected chi connectivity index (χ1v) is 8.87. The molecule has 6 heteroatoms. The lowest BCUT2D eigenvalue weighted by Gasteiger charge is -2.40. The molecule has 0 unspecified atom stereocenters. The van der Waals surface area contributed by atoms with Crippen molar-refractivity contribution >= 4 is 11.7 Å². The minimum Gasteiger partial charge on any atom is -0.368 e. The molecule has 1 saturated heterocycles. The van der Waals surface area contributed by atoms with Gasteiger partial charge in [0, 0.05) is 33.3 Å². The van der Waals surface area contributed by atoms with Crippen LogP contribution in [0.25, 0.3) is 0 Å². The molecule has 2 fully saturated rings. The third kappa shape index (κ3) is 3.53. The Morgan fingerprint density at radius 2 is 1.79 bits per heavy atom. The largest absolute Gasteiger partial charge is 0.368 e. The Hall–Kier alpha value is -1.69. The van der Waals surface area contributed by atoms with E-state index in [-0.39, 0.29) is 5.91 Å². The highest BCUT2D eigenvalue weighted by Crippen LogP contribution is 2.32. The molecule has 1 aliphatic heterocycles. The summed E-state index contributed by atoms with van der Waals surface area (Å²) >= 11 is 0. The molecular formula is C18H26FN3O2. The van der Waals surface area contributed by atoms with E-state index in [1.54, 1.807) is 13.2 Å². The van der Waals surface area contributed by atoms with Gasteiger partial charge in [-0.15, -0.1) is 0 Å². The van der Waals surface area contributed by atoms with Crippen LogP contribution >= 0.6 is 0 Å². The number of amides is 1. The number of piperazine rings is 1. The van der Waals surface area contributed by atoms with Crippen LogP contribution in [0.2, 0.25) is 0 Å². The molecule has 0 aromatic carbocycles. The molecule has 1 aromatic rings. The molecule has 2 heterocycles. The summed E-state index contributed by atoms with van der Waals surface area (Å²) in [7, 11) is 1.66. The van der Waals surface area contributed by atoms with E-state index in [4.69, 9.17) is 4.74 Å². The topological polar surface area (TPSA) is 45.7 Å². The number of carbonyl (C=O) groups is 1. The summed E-state index contributed by atoms with van der Waals surface area (Å²) in [5, 5.41) is 0. The Balaban J connectivity index is 1.64. The Kier molecular flexibility index (Phi) is 5.33. The maximum Gasteiger partial charge on any atom is 0.254 e. The minimum absolute atomic E-state index is 0.124. The van der Waals surface area contributed by atoms with Crippen molar-refractivity contribution < 1.29 is 13.9 Å². The van der Waals surface area contributed by atoms with Gasteiger partial charge >= 0.3 is 0 Å². The van der Waals surface area contributed by atoms with Gasteiger partial charge in [-0.2, -0.15) is 4.39 Å². The molecule has 1 saturated carbocycles. The molecular weight excluding hydrogens is 309 g/mol. The molecule has 24 heavy (non-hydrogen) atoms. The lowest BCUT2D eigenvalue weighted by Crippen LogP contribution is -2.56. The first-order valence-electron chi connectivity index (χ1n) is 8.87. The highest BCUT2D eigenvalue weighted by molar-refractivity contribution is 5.85. The SMILES string of the molecule is COC1(C(=O)N2CCN(c3cccc(F)n3)CC2)CCCCCC1. The van der Waals surface area contributed by atoms with Gasteiger partial charge in [-0.1, -0.05) is 31.7 Å². The number of carbonyl (C=O) groups excluding carboxylic acids is 1. The first kappa shape index (κ1) is 17.1. The van der Waals surface area contributed by atoms with Crippen LogP contribution in [0.5, 0.6) is 0 Å². The summed E-state index contributed by atoms with van der Waals surface area (Å²) in [5.41, 5.74) is -0.643. The Morgan fingerprint density at radius 1 is 1.12 bits per heavy atom.